The Bertz CT molecular complexity index is 584. The van der Waals surface area contributed by atoms with Gasteiger partial charge in [-0.05, 0) is 13.0 Å². The number of sulfone groups is 1. The molecule has 1 aromatic carbocycles. The summed E-state index contributed by atoms with van der Waals surface area (Å²) in [6, 6.07) is 3.06. The van der Waals surface area contributed by atoms with Gasteiger partial charge in [-0.3, -0.25) is 0 Å². The van der Waals surface area contributed by atoms with E-state index in [4.69, 9.17) is 21.1 Å². The van der Waals surface area contributed by atoms with Gasteiger partial charge in [0.05, 0.1) is 16.4 Å². The fourth-order valence-corrected chi connectivity index (χ4v) is 2.67. The first-order valence-corrected chi connectivity index (χ1v) is 8.10. The number of aliphatic hydroxyl groups is 1. The molecule has 0 aliphatic carbocycles. The Morgan fingerprint density at radius 3 is 2.32 bits per heavy atom. The summed E-state index contributed by atoms with van der Waals surface area (Å²) >= 11 is 6.06. The summed E-state index contributed by atoms with van der Waals surface area (Å²) in [5, 5.41) is 9.45. The number of rotatable bonds is 3. The number of hydrogen-bond acceptors (Lipinski definition) is 5. The number of fused-ring (bicyclic) bond motifs is 1. The van der Waals surface area contributed by atoms with Gasteiger partial charge < -0.3 is 14.6 Å². The Morgan fingerprint density at radius 2 is 1.79 bits per heavy atom. The molecular weight excluding hydrogens is 292 g/mol. The third-order valence-electron chi connectivity index (χ3n) is 3.10. The van der Waals surface area contributed by atoms with Gasteiger partial charge in [-0.25, -0.2) is 8.42 Å². The van der Waals surface area contributed by atoms with Crippen molar-refractivity contribution in [3.05, 3.63) is 22.7 Å². The molecule has 1 N–H and O–H groups in total. The summed E-state index contributed by atoms with van der Waals surface area (Å²) in [5.74, 6) is 0.963. The van der Waals surface area contributed by atoms with E-state index in [0.717, 1.165) is 6.26 Å². The zero-order chi connectivity index (χ0) is 14.2. The van der Waals surface area contributed by atoms with Crippen molar-refractivity contribution in [2.24, 2.45) is 0 Å². The van der Waals surface area contributed by atoms with E-state index in [9.17, 15) is 13.5 Å². The Balaban J connectivity index is 2.40. The SMILES string of the molecule is CC(C(O)c1cc2c(cc1Cl)OCCO2)S(C)(=O)=O. The smallest absolute Gasteiger partial charge is 0.162 e. The summed E-state index contributed by atoms with van der Waals surface area (Å²) in [4.78, 5) is 0. The van der Waals surface area contributed by atoms with Gasteiger partial charge in [-0.2, -0.15) is 0 Å². The van der Waals surface area contributed by atoms with E-state index in [1.165, 1.54) is 19.1 Å². The third kappa shape index (κ3) is 2.96. The Labute approximate surface area is 117 Å². The minimum absolute atomic E-state index is 0.257. The van der Waals surface area contributed by atoms with E-state index >= 15 is 0 Å². The highest BCUT2D eigenvalue weighted by atomic mass is 35.5. The van der Waals surface area contributed by atoms with Crippen LogP contribution in [0.1, 0.15) is 18.6 Å². The van der Waals surface area contributed by atoms with E-state index in [1.807, 2.05) is 0 Å². The van der Waals surface area contributed by atoms with Gasteiger partial charge >= 0.3 is 0 Å². The lowest BCUT2D eigenvalue weighted by Crippen LogP contribution is -2.25. The summed E-state index contributed by atoms with van der Waals surface area (Å²) in [6.07, 6.45) is -0.134. The fraction of sp³-hybridized carbons (Fsp3) is 0.500. The number of ether oxygens (including phenoxy) is 2. The van der Waals surface area contributed by atoms with E-state index in [0.29, 0.717) is 30.3 Å². The lowest BCUT2D eigenvalue weighted by atomic mass is 10.1. The van der Waals surface area contributed by atoms with Gasteiger partial charge in [0.1, 0.15) is 13.2 Å². The van der Waals surface area contributed by atoms with Crippen molar-refractivity contribution in [3.63, 3.8) is 0 Å². The molecular formula is C12H15ClO5S. The first-order valence-electron chi connectivity index (χ1n) is 5.76. The molecule has 106 valence electrons. The van der Waals surface area contributed by atoms with Crippen LogP contribution in [0.3, 0.4) is 0 Å². The normalized spacial score (nSPS) is 17.9. The van der Waals surface area contributed by atoms with Crippen LogP contribution in [-0.4, -0.2) is 38.2 Å². The molecule has 1 aliphatic rings. The lowest BCUT2D eigenvalue weighted by molar-refractivity contribution is 0.164. The first kappa shape index (κ1) is 14.4. The van der Waals surface area contributed by atoms with Crippen molar-refractivity contribution in [2.75, 3.05) is 19.5 Å². The van der Waals surface area contributed by atoms with Crippen molar-refractivity contribution in [3.8, 4) is 11.5 Å². The second kappa shape index (κ2) is 5.19. The Hall–Kier alpha value is -0.980. The maximum Gasteiger partial charge on any atom is 0.162 e. The molecule has 0 fully saturated rings. The molecule has 0 bridgehead atoms. The third-order valence-corrected chi connectivity index (χ3v) is 5.04. The molecule has 1 aliphatic heterocycles. The largest absolute Gasteiger partial charge is 0.486 e. The molecule has 0 saturated heterocycles. The van der Waals surface area contributed by atoms with Gasteiger partial charge in [0, 0.05) is 17.9 Å². The van der Waals surface area contributed by atoms with Crippen LogP contribution in [-0.2, 0) is 9.84 Å². The minimum Gasteiger partial charge on any atom is -0.486 e. The van der Waals surface area contributed by atoms with Crippen LogP contribution in [0.25, 0.3) is 0 Å². The van der Waals surface area contributed by atoms with Crippen molar-refractivity contribution in [2.45, 2.75) is 18.3 Å². The Kier molecular flexibility index (Phi) is 3.94. The van der Waals surface area contributed by atoms with Crippen molar-refractivity contribution in [1.82, 2.24) is 0 Å². The summed E-state index contributed by atoms with van der Waals surface area (Å²) in [6.45, 7) is 2.28. The molecule has 0 aromatic heterocycles. The molecule has 0 amide bonds. The Morgan fingerprint density at radius 1 is 1.26 bits per heavy atom. The molecule has 7 heteroatoms. The van der Waals surface area contributed by atoms with E-state index < -0.39 is 21.2 Å². The summed E-state index contributed by atoms with van der Waals surface area (Å²) in [5.41, 5.74) is 0.323. The van der Waals surface area contributed by atoms with Crippen molar-refractivity contribution < 1.29 is 23.0 Å². The number of hydrogen-bond donors (Lipinski definition) is 1. The van der Waals surface area contributed by atoms with Crippen LogP contribution in [0.15, 0.2) is 12.1 Å². The molecule has 2 unspecified atom stereocenters. The number of benzene rings is 1. The summed E-state index contributed by atoms with van der Waals surface area (Å²) in [7, 11) is -3.37. The standard InChI is InChI=1S/C12H15ClO5S/c1-7(19(2,15)16)12(14)8-5-10-11(6-9(8)13)18-4-3-17-10/h5-7,12,14H,3-4H2,1-2H3. The second-order valence-corrected chi connectivity index (χ2v) is 7.31. The van der Waals surface area contributed by atoms with Crippen molar-refractivity contribution in [1.29, 1.82) is 0 Å². The van der Waals surface area contributed by atoms with E-state index in [1.54, 1.807) is 0 Å². The maximum absolute atomic E-state index is 11.5. The molecule has 19 heavy (non-hydrogen) atoms. The van der Waals surface area contributed by atoms with Crippen molar-refractivity contribution >= 4 is 21.4 Å². The maximum atomic E-state index is 11.5. The molecule has 1 aromatic rings. The number of halogens is 1. The van der Waals surface area contributed by atoms with Crippen LogP contribution < -0.4 is 9.47 Å². The quantitative estimate of drug-likeness (QED) is 0.918. The van der Waals surface area contributed by atoms with Crippen LogP contribution in [0.5, 0.6) is 11.5 Å². The predicted octanol–water partition coefficient (Wildman–Crippen LogP) is 1.58. The highest BCUT2D eigenvalue weighted by Crippen LogP contribution is 2.39. The monoisotopic (exact) mass is 306 g/mol. The van der Waals surface area contributed by atoms with Gasteiger partial charge in [0.15, 0.2) is 21.3 Å². The second-order valence-electron chi connectivity index (χ2n) is 4.50. The van der Waals surface area contributed by atoms with E-state index in [2.05, 4.69) is 0 Å². The topological polar surface area (TPSA) is 72.8 Å². The van der Waals surface area contributed by atoms with Crippen LogP contribution in [0.2, 0.25) is 5.02 Å². The number of aliphatic hydroxyl groups excluding tert-OH is 1. The minimum atomic E-state index is -3.37. The molecule has 0 saturated carbocycles. The van der Waals surface area contributed by atoms with Crippen LogP contribution in [0, 0.1) is 0 Å². The van der Waals surface area contributed by atoms with Gasteiger partial charge in [-0.1, -0.05) is 11.6 Å². The van der Waals surface area contributed by atoms with Gasteiger partial charge in [0.2, 0.25) is 0 Å². The van der Waals surface area contributed by atoms with E-state index in [-0.39, 0.29) is 5.02 Å². The summed E-state index contributed by atoms with van der Waals surface area (Å²) < 4.78 is 33.7. The van der Waals surface area contributed by atoms with Crippen LogP contribution >= 0.6 is 11.6 Å². The van der Waals surface area contributed by atoms with Gasteiger partial charge in [0.25, 0.3) is 0 Å². The predicted molar refractivity (Wildman–Crippen MR) is 71.7 cm³/mol. The highest BCUT2D eigenvalue weighted by Gasteiger charge is 2.28. The first-order chi connectivity index (χ1) is 8.80. The zero-order valence-electron chi connectivity index (χ0n) is 10.6. The molecule has 1 heterocycles. The van der Waals surface area contributed by atoms with Gasteiger partial charge in [-0.15, -0.1) is 0 Å². The molecule has 2 atom stereocenters. The highest BCUT2D eigenvalue weighted by molar-refractivity contribution is 7.91. The average molecular weight is 307 g/mol. The fourth-order valence-electron chi connectivity index (χ4n) is 1.79. The molecule has 2 rings (SSSR count). The van der Waals surface area contributed by atoms with Crippen LogP contribution in [0.4, 0.5) is 0 Å². The molecule has 0 spiro atoms. The molecule has 5 nitrogen and oxygen atoms in total. The lowest BCUT2D eigenvalue weighted by Gasteiger charge is -2.23. The zero-order valence-corrected chi connectivity index (χ0v) is 12.2. The molecule has 0 radical (unpaired) electrons. The average Bonchev–Trinajstić information content (AvgIpc) is 2.35.